The monoisotopic (exact) mass is 403 g/mol. The molecule has 1 heterocycles. The molecule has 0 aliphatic rings. The minimum absolute atomic E-state index is 0.127. The van der Waals surface area contributed by atoms with Gasteiger partial charge in [-0.15, -0.1) is 10.2 Å². The Morgan fingerprint density at radius 1 is 1.17 bits per heavy atom. The number of carbonyl (C=O) groups excluding carboxylic acids is 1. The highest BCUT2D eigenvalue weighted by Gasteiger charge is 2.12. The first-order valence-electron chi connectivity index (χ1n) is 7.19. The highest BCUT2D eigenvalue weighted by Crippen LogP contribution is 2.25. The molecule has 0 saturated carbocycles. The molecule has 0 spiro atoms. The van der Waals surface area contributed by atoms with Gasteiger partial charge in [-0.2, -0.15) is 0 Å². The van der Waals surface area contributed by atoms with E-state index in [9.17, 15) is 4.79 Å². The maximum Gasteiger partial charge on any atom is 0.277 e. The molecule has 5 nitrogen and oxygen atoms in total. The third kappa shape index (κ3) is 4.24. The molecule has 3 aromatic rings. The van der Waals surface area contributed by atoms with Gasteiger partial charge in [0.1, 0.15) is 0 Å². The van der Waals surface area contributed by atoms with E-state index in [0.29, 0.717) is 11.1 Å². The van der Waals surface area contributed by atoms with Gasteiger partial charge in [-0.1, -0.05) is 45.9 Å². The van der Waals surface area contributed by atoms with Crippen LogP contribution in [0, 0.1) is 6.92 Å². The molecule has 0 aliphatic heterocycles. The van der Waals surface area contributed by atoms with Crippen LogP contribution in [0.5, 0.6) is 0 Å². The van der Waals surface area contributed by atoms with Gasteiger partial charge in [-0.3, -0.25) is 4.79 Å². The lowest BCUT2D eigenvalue weighted by molar-refractivity contribution is -0.113. The fourth-order valence-electron chi connectivity index (χ4n) is 2.05. The number of benzene rings is 2. The molecule has 0 atom stereocenters. The van der Waals surface area contributed by atoms with Crippen LogP contribution >= 0.6 is 27.7 Å². The van der Waals surface area contributed by atoms with Gasteiger partial charge in [0.05, 0.1) is 5.75 Å². The Kier molecular flexibility index (Phi) is 5.32. The summed E-state index contributed by atoms with van der Waals surface area (Å²) in [7, 11) is 0. The summed E-state index contributed by atoms with van der Waals surface area (Å²) in [6, 6.07) is 15.2. The van der Waals surface area contributed by atoms with Gasteiger partial charge >= 0.3 is 0 Å². The van der Waals surface area contributed by atoms with Crippen LogP contribution in [0.1, 0.15) is 5.56 Å². The smallest absolute Gasteiger partial charge is 0.277 e. The largest absolute Gasteiger partial charge is 0.411 e. The molecule has 0 aliphatic carbocycles. The van der Waals surface area contributed by atoms with Crippen molar-refractivity contribution in [2.75, 3.05) is 11.1 Å². The van der Waals surface area contributed by atoms with Gasteiger partial charge in [0.15, 0.2) is 0 Å². The summed E-state index contributed by atoms with van der Waals surface area (Å²) in [5.74, 6) is 0.535. The molecule has 122 valence electrons. The lowest BCUT2D eigenvalue weighted by atomic mass is 10.1. The number of anilines is 1. The maximum absolute atomic E-state index is 12.0. The number of nitrogens with zero attached hydrogens (tertiary/aromatic N) is 2. The Morgan fingerprint density at radius 2 is 1.92 bits per heavy atom. The van der Waals surface area contributed by atoms with Crippen molar-refractivity contribution in [3.05, 3.63) is 58.6 Å². The summed E-state index contributed by atoms with van der Waals surface area (Å²) in [4.78, 5) is 12.0. The van der Waals surface area contributed by atoms with E-state index in [1.165, 1.54) is 11.8 Å². The average molecular weight is 404 g/mol. The summed E-state index contributed by atoms with van der Waals surface area (Å²) in [6.07, 6.45) is 0. The molecule has 0 fully saturated rings. The van der Waals surface area contributed by atoms with Gasteiger partial charge in [0.25, 0.3) is 5.22 Å². The zero-order valence-electron chi connectivity index (χ0n) is 12.8. The molecule has 1 amide bonds. The molecular weight excluding hydrogens is 390 g/mol. The van der Waals surface area contributed by atoms with Crippen LogP contribution in [-0.4, -0.2) is 21.9 Å². The topological polar surface area (TPSA) is 68.0 Å². The van der Waals surface area contributed by atoms with Gasteiger partial charge in [0, 0.05) is 15.7 Å². The number of hydrogen-bond donors (Lipinski definition) is 1. The van der Waals surface area contributed by atoms with Gasteiger partial charge in [0.2, 0.25) is 11.8 Å². The van der Waals surface area contributed by atoms with Crippen LogP contribution in [0.4, 0.5) is 5.69 Å². The summed E-state index contributed by atoms with van der Waals surface area (Å²) in [6.45, 7) is 1.98. The first kappa shape index (κ1) is 16.7. The molecule has 1 N–H and O–H groups in total. The van der Waals surface area contributed by atoms with Crippen molar-refractivity contribution in [2.45, 2.75) is 12.1 Å². The second-order valence-corrected chi connectivity index (χ2v) is 6.87. The summed E-state index contributed by atoms with van der Waals surface area (Å²) >= 11 is 4.57. The van der Waals surface area contributed by atoms with E-state index in [2.05, 4.69) is 31.4 Å². The Bertz CT molecular complexity index is 849. The lowest BCUT2D eigenvalue weighted by Gasteiger charge is -2.03. The fraction of sp³-hybridized carbons (Fsp3) is 0.118. The van der Waals surface area contributed by atoms with Gasteiger partial charge in [-0.05, 0) is 42.8 Å². The predicted octanol–water partition coefficient (Wildman–Crippen LogP) is 4.54. The number of hydrogen-bond acceptors (Lipinski definition) is 5. The van der Waals surface area contributed by atoms with Crippen LogP contribution in [0.15, 0.2) is 62.6 Å². The molecule has 24 heavy (non-hydrogen) atoms. The van der Waals surface area contributed by atoms with E-state index in [-0.39, 0.29) is 11.7 Å². The van der Waals surface area contributed by atoms with Crippen molar-refractivity contribution in [1.82, 2.24) is 10.2 Å². The normalized spacial score (nSPS) is 10.6. The molecule has 2 aromatic carbocycles. The number of carbonyl (C=O) groups is 1. The van der Waals surface area contributed by atoms with Crippen molar-refractivity contribution >= 4 is 39.3 Å². The first-order valence-corrected chi connectivity index (χ1v) is 8.97. The standard InChI is InChI=1S/C17H14BrN3O2S/c1-11-4-2-3-5-14(11)16-20-21-17(23-16)24-10-15(22)19-13-8-6-12(18)7-9-13/h2-9H,10H2,1H3,(H,19,22). The van der Waals surface area contributed by atoms with Gasteiger partial charge in [-0.25, -0.2) is 0 Å². The van der Waals surface area contributed by atoms with E-state index in [1.54, 1.807) is 0 Å². The highest BCUT2D eigenvalue weighted by molar-refractivity contribution is 9.10. The van der Waals surface area contributed by atoms with Crippen molar-refractivity contribution in [1.29, 1.82) is 0 Å². The second kappa shape index (κ2) is 7.63. The molecule has 1 aromatic heterocycles. The second-order valence-electron chi connectivity index (χ2n) is 5.03. The fourth-order valence-corrected chi connectivity index (χ4v) is 2.87. The summed E-state index contributed by atoms with van der Waals surface area (Å²) in [5.41, 5.74) is 2.71. The number of aryl methyl sites for hydroxylation is 1. The predicted molar refractivity (Wildman–Crippen MR) is 98.0 cm³/mol. The van der Waals surface area contributed by atoms with Crippen LogP contribution in [0.25, 0.3) is 11.5 Å². The van der Waals surface area contributed by atoms with Crippen molar-refractivity contribution in [3.63, 3.8) is 0 Å². The lowest BCUT2D eigenvalue weighted by Crippen LogP contribution is -2.13. The zero-order chi connectivity index (χ0) is 16.9. The highest BCUT2D eigenvalue weighted by atomic mass is 79.9. The third-order valence-electron chi connectivity index (χ3n) is 3.24. The van der Waals surface area contributed by atoms with E-state index in [1.807, 2.05) is 55.5 Å². The van der Waals surface area contributed by atoms with Crippen LogP contribution in [0.3, 0.4) is 0 Å². The molecule has 3 rings (SSSR count). The third-order valence-corrected chi connectivity index (χ3v) is 4.58. The van der Waals surface area contributed by atoms with E-state index < -0.39 is 0 Å². The summed E-state index contributed by atoms with van der Waals surface area (Å²) < 4.78 is 6.58. The Hall–Kier alpha value is -2.12. The minimum Gasteiger partial charge on any atom is -0.411 e. The molecule has 0 radical (unpaired) electrons. The molecule has 0 unspecified atom stereocenters. The van der Waals surface area contributed by atoms with Gasteiger partial charge < -0.3 is 9.73 Å². The number of rotatable bonds is 5. The van der Waals surface area contributed by atoms with Crippen LogP contribution < -0.4 is 5.32 Å². The van der Waals surface area contributed by atoms with Crippen LogP contribution in [0.2, 0.25) is 0 Å². The molecule has 0 bridgehead atoms. The molecular formula is C17H14BrN3O2S. The maximum atomic E-state index is 12.0. The molecule has 7 heteroatoms. The van der Waals surface area contributed by atoms with Crippen molar-refractivity contribution in [2.24, 2.45) is 0 Å². The Labute approximate surface area is 152 Å². The van der Waals surface area contributed by atoms with E-state index >= 15 is 0 Å². The zero-order valence-corrected chi connectivity index (χ0v) is 15.2. The molecule has 0 saturated heterocycles. The number of nitrogens with one attached hydrogen (secondary N) is 1. The Morgan fingerprint density at radius 3 is 2.67 bits per heavy atom. The SMILES string of the molecule is Cc1ccccc1-c1nnc(SCC(=O)Nc2ccc(Br)cc2)o1. The van der Waals surface area contributed by atoms with Crippen LogP contribution in [-0.2, 0) is 4.79 Å². The average Bonchev–Trinajstić information content (AvgIpc) is 3.04. The Balaban J connectivity index is 1.58. The number of aromatic nitrogens is 2. The quantitative estimate of drug-likeness (QED) is 0.633. The first-order chi connectivity index (χ1) is 11.6. The number of thioether (sulfide) groups is 1. The summed E-state index contributed by atoms with van der Waals surface area (Å²) in [5, 5.41) is 11.2. The van der Waals surface area contributed by atoms with Crippen molar-refractivity contribution in [3.8, 4) is 11.5 Å². The minimum atomic E-state index is -0.127. The number of halogens is 1. The van der Waals surface area contributed by atoms with E-state index in [4.69, 9.17) is 4.42 Å². The van der Waals surface area contributed by atoms with E-state index in [0.717, 1.165) is 21.3 Å². The van der Waals surface area contributed by atoms with Crippen molar-refractivity contribution < 1.29 is 9.21 Å². The number of amides is 1.